The Hall–Kier alpha value is -2.49. The fourth-order valence-electron chi connectivity index (χ4n) is 2.13. The van der Waals surface area contributed by atoms with E-state index in [2.05, 4.69) is 5.32 Å². The van der Waals surface area contributed by atoms with Crippen molar-refractivity contribution in [3.05, 3.63) is 59.7 Å². The lowest BCUT2D eigenvalue weighted by atomic mass is 10.1. The Labute approximate surface area is 124 Å². The zero-order valence-electron chi connectivity index (χ0n) is 12.3. The van der Waals surface area contributed by atoms with Crippen molar-refractivity contribution >= 4 is 5.91 Å². The summed E-state index contributed by atoms with van der Waals surface area (Å²) in [5.41, 5.74) is 1.67. The van der Waals surface area contributed by atoms with Gasteiger partial charge in [0.05, 0.1) is 19.8 Å². The Kier molecular flexibility index (Phi) is 5.21. The van der Waals surface area contributed by atoms with Crippen molar-refractivity contribution in [2.45, 2.75) is 6.42 Å². The van der Waals surface area contributed by atoms with Crippen LogP contribution in [0.2, 0.25) is 0 Å². The summed E-state index contributed by atoms with van der Waals surface area (Å²) in [6.45, 7) is 0.573. The van der Waals surface area contributed by atoms with E-state index < -0.39 is 0 Å². The van der Waals surface area contributed by atoms with Crippen LogP contribution in [-0.4, -0.2) is 26.7 Å². The molecule has 0 radical (unpaired) electrons. The van der Waals surface area contributed by atoms with Crippen molar-refractivity contribution in [1.82, 2.24) is 5.32 Å². The summed E-state index contributed by atoms with van der Waals surface area (Å²) >= 11 is 0. The quantitative estimate of drug-likeness (QED) is 0.887. The number of carbonyl (C=O) groups excluding carboxylic acids is 1. The van der Waals surface area contributed by atoms with Crippen LogP contribution in [0.15, 0.2) is 48.5 Å². The maximum absolute atomic E-state index is 12.2. The molecule has 0 aromatic heterocycles. The topological polar surface area (TPSA) is 47.6 Å². The van der Waals surface area contributed by atoms with Gasteiger partial charge in [0.25, 0.3) is 5.91 Å². The summed E-state index contributed by atoms with van der Waals surface area (Å²) in [5, 5.41) is 2.90. The van der Waals surface area contributed by atoms with E-state index in [0.29, 0.717) is 23.6 Å². The monoisotopic (exact) mass is 285 g/mol. The van der Waals surface area contributed by atoms with Gasteiger partial charge in [-0.05, 0) is 24.1 Å². The van der Waals surface area contributed by atoms with Crippen molar-refractivity contribution in [1.29, 1.82) is 0 Å². The van der Waals surface area contributed by atoms with Crippen molar-refractivity contribution in [2.24, 2.45) is 0 Å². The van der Waals surface area contributed by atoms with Crippen molar-refractivity contribution in [2.75, 3.05) is 20.8 Å². The molecule has 1 N–H and O–H groups in total. The molecule has 4 nitrogen and oxygen atoms in total. The first-order valence-corrected chi connectivity index (χ1v) is 6.79. The Morgan fingerprint density at radius 2 is 1.76 bits per heavy atom. The largest absolute Gasteiger partial charge is 0.493 e. The molecular weight excluding hydrogens is 266 g/mol. The Morgan fingerprint density at radius 1 is 1.00 bits per heavy atom. The number of carbonyl (C=O) groups is 1. The van der Waals surface area contributed by atoms with Gasteiger partial charge in [0.1, 0.15) is 0 Å². The molecule has 2 rings (SSSR count). The molecule has 0 aliphatic heterocycles. The second-order valence-corrected chi connectivity index (χ2v) is 4.53. The van der Waals surface area contributed by atoms with Gasteiger partial charge in [-0.2, -0.15) is 0 Å². The first-order chi connectivity index (χ1) is 10.3. The molecule has 0 unspecified atom stereocenters. The minimum atomic E-state index is -0.165. The van der Waals surface area contributed by atoms with Crippen LogP contribution in [0.3, 0.4) is 0 Å². The van der Waals surface area contributed by atoms with Crippen LogP contribution in [0, 0.1) is 0 Å². The highest BCUT2D eigenvalue weighted by atomic mass is 16.5. The summed E-state index contributed by atoms with van der Waals surface area (Å²) in [4.78, 5) is 12.2. The molecule has 0 bridgehead atoms. The molecule has 0 atom stereocenters. The molecule has 2 aromatic rings. The minimum Gasteiger partial charge on any atom is -0.493 e. The van der Waals surface area contributed by atoms with Crippen LogP contribution in [0.5, 0.6) is 11.5 Å². The van der Waals surface area contributed by atoms with Gasteiger partial charge in [-0.25, -0.2) is 0 Å². The highest BCUT2D eigenvalue weighted by Gasteiger charge is 2.15. The molecule has 0 saturated carbocycles. The number of ether oxygens (including phenoxy) is 2. The maximum atomic E-state index is 12.2. The van der Waals surface area contributed by atoms with Crippen LogP contribution < -0.4 is 14.8 Å². The zero-order valence-corrected chi connectivity index (χ0v) is 12.3. The van der Waals surface area contributed by atoms with E-state index in [4.69, 9.17) is 9.47 Å². The van der Waals surface area contributed by atoms with E-state index in [1.54, 1.807) is 25.3 Å². The molecule has 21 heavy (non-hydrogen) atoms. The van der Waals surface area contributed by atoms with Gasteiger partial charge in [-0.3, -0.25) is 4.79 Å². The smallest absolute Gasteiger partial charge is 0.255 e. The highest BCUT2D eigenvalue weighted by Crippen LogP contribution is 2.30. The van der Waals surface area contributed by atoms with Crippen LogP contribution >= 0.6 is 0 Å². The molecule has 0 fully saturated rings. The standard InChI is InChI=1S/C17H19NO3/c1-20-15-10-6-9-14(16(15)21-2)17(19)18-12-11-13-7-4-3-5-8-13/h3-10H,11-12H2,1-2H3,(H,18,19). The molecule has 0 spiro atoms. The molecule has 0 aliphatic carbocycles. The molecule has 4 heteroatoms. The van der Waals surface area contributed by atoms with E-state index in [9.17, 15) is 4.79 Å². The van der Waals surface area contributed by atoms with Crippen LogP contribution in [0.1, 0.15) is 15.9 Å². The minimum absolute atomic E-state index is 0.165. The fourth-order valence-corrected chi connectivity index (χ4v) is 2.13. The maximum Gasteiger partial charge on any atom is 0.255 e. The lowest BCUT2D eigenvalue weighted by Gasteiger charge is -2.12. The second kappa shape index (κ2) is 7.33. The van der Waals surface area contributed by atoms with Gasteiger partial charge in [-0.1, -0.05) is 36.4 Å². The lowest BCUT2D eigenvalue weighted by molar-refractivity contribution is 0.0950. The van der Waals surface area contributed by atoms with Crippen LogP contribution in [0.25, 0.3) is 0 Å². The summed E-state index contributed by atoms with van der Waals surface area (Å²) < 4.78 is 10.5. The predicted molar refractivity (Wildman–Crippen MR) is 82.0 cm³/mol. The number of hydrogen-bond donors (Lipinski definition) is 1. The molecular formula is C17H19NO3. The Balaban J connectivity index is 2.00. The van der Waals surface area contributed by atoms with E-state index in [-0.39, 0.29) is 5.91 Å². The highest BCUT2D eigenvalue weighted by molar-refractivity contribution is 5.97. The summed E-state index contributed by atoms with van der Waals surface area (Å²) in [6, 6.07) is 15.3. The molecule has 0 saturated heterocycles. The number of para-hydroxylation sites is 1. The summed E-state index contributed by atoms with van der Waals surface area (Å²) in [6.07, 6.45) is 0.791. The number of nitrogens with one attached hydrogen (secondary N) is 1. The van der Waals surface area contributed by atoms with E-state index in [1.807, 2.05) is 30.3 Å². The number of rotatable bonds is 6. The first-order valence-electron chi connectivity index (χ1n) is 6.79. The number of amides is 1. The SMILES string of the molecule is COc1cccc(C(=O)NCCc2ccccc2)c1OC. The molecule has 0 aliphatic rings. The van der Waals surface area contributed by atoms with Gasteiger partial charge in [-0.15, -0.1) is 0 Å². The van der Waals surface area contributed by atoms with E-state index >= 15 is 0 Å². The Morgan fingerprint density at radius 3 is 2.43 bits per heavy atom. The number of hydrogen-bond acceptors (Lipinski definition) is 3. The third-order valence-corrected chi connectivity index (χ3v) is 3.19. The van der Waals surface area contributed by atoms with Crippen molar-refractivity contribution in [3.8, 4) is 11.5 Å². The van der Waals surface area contributed by atoms with Crippen LogP contribution in [-0.2, 0) is 6.42 Å². The van der Waals surface area contributed by atoms with Gasteiger partial charge in [0.2, 0.25) is 0 Å². The third kappa shape index (κ3) is 3.75. The molecule has 0 heterocycles. The van der Waals surface area contributed by atoms with Crippen LogP contribution in [0.4, 0.5) is 0 Å². The average Bonchev–Trinajstić information content (AvgIpc) is 2.54. The van der Waals surface area contributed by atoms with E-state index in [1.165, 1.54) is 12.7 Å². The van der Waals surface area contributed by atoms with Crippen molar-refractivity contribution in [3.63, 3.8) is 0 Å². The second-order valence-electron chi connectivity index (χ2n) is 4.53. The zero-order chi connectivity index (χ0) is 15.1. The molecule has 2 aromatic carbocycles. The molecule has 110 valence electrons. The first kappa shape index (κ1) is 14.9. The Bertz CT molecular complexity index is 596. The van der Waals surface area contributed by atoms with Gasteiger partial charge < -0.3 is 14.8 Å². The lowest BCUT2D eigenvalue weighted by Crippen LogP contribution is -2.26. The normalized spacial score (nSPS) is 10.0. The third-order valence-electron chi connectivity index (χ3n) is 3.19. The van der Waals surface area contributed by atoms with Gasteiger partial charge in [0.15, 0.2) is 11.5 Å². The molecule has 1 amide bonds. The number of methoxy groups -OCH3 is 2. The summed E-state index contributed by atoms with van der Waals surface area (Å²) in [5.74, 6) is 0.840. The van der Waals surface area contributed by atoms with Gasteiger partial charge >= 0.3 is 0 Å². The van der Waals surface area contributed by atoms with Gasteiger partial charge in [0, 0.05) is 6.54 Å². The predicted octanol–water partition coefficient (Wildman–Crippen LogP) is 2.68. The number of benzene rings is 2. The van der Waals surface area contributed by atoms with Crippen molar-refractivity contribution < 1.29 is 14.3 Å². The van der Waals surface area contributed by atoms with E-state index in [0.717, 1.165) is 6.42 Å². The average molecular weight is 285 g/mol. The fraction of sp³-hybridized carbons (Fsp3) is 0.235. The summed E-state index contributed by atoms with van der Waals surface area (Å²) in [7, 11) is 3.08.